The Balaban J connectivity index is 1.76. The Morgan fingerprint density at radius 2 is 2.15 bits per heavy atom. The molecule has 0 saturated carbocycles. The minimum atomic E-state index is -0.525. The number of nitrogens with one attached hydrogen (secondary N) is 1. The van der Waals surface area contributed by atoms with E-state index in [1.165, 1.54) is 12.1 Å². The summed E-state index contributed by atoms with van der Waals surface area (Å²) < 4.78 is 25.3. The van der Waals surface area contributed by atoms with E-state index in [2.05, 4.69) is 15.2 Å². The van der Waals surface area contributed by atoms with Crippen LogP contribution in [0.5, 0.6) is 17.2 Å². The molecule has 0 unspecified atom stereocenters. The van der Waals surface area contributed by atoms with Gasteiger partial charge in [-0.15, -0.1) is 0 Å². The Morgan fingerprint density at radius 3 is 2.89 bits per heavy atom. The van der Waals surface area contributed by atoms with Crippen LogP contribution in [0.1, 0.15) is 29.6 Å². The van der Waals surface area contributed by atoms with Crippen molar-refractivity contribution in [1.29, 1.82) is 5.26 Å². The molecule has 0 aliphatic carbocycles. The van der Waals surface area contributed by atoms with Gasteiger partial charge in [0.2, 0.25) is 0 Å². The Kier molecular flexibility index (Phi) is 5.67. The normalized spacial score (nSPS) is 10.4. The molecule has 6 nitrogen and oxygen atoms in total. The smallest absolute Gasteiger partial charge is 0.171 e. The SMILES string of the molecule is CCc1n[nH]c(CCOc2cccnc2C)c1Oc1cc(F)cc(C#N)c1. The standard InChI is InChI=1S/C20H19FN4O2/c1-3-17-20(27-16-10-14(12-22)9-15(21)11-16)18(25-24-17)6-8-26-19-5-4-7-23-13(19)2/h4-5,7,9-11H,3,6,8H2,1-2H3,(H,24,25). The zero-order valence-corrected chi connectivity index (χ0v) is 15.1. The van der Waals surface area contributed by atoms with E-state index in [0.717, 1.165) is 28.9 Å². The lowest BCUT2D eigenvalue weighted by atomic mass is 10.2. The highest BCUT2D eigenvalue weighted by Crippen LogP contribution is 2.30. The second kappa shape index (κ2) is 8.32. The van der Waals surface area contributed by atoms with Gasteiger partial charge >= 0.3 is 0 Å². The van der Waals surface area contributed by atoms with E-state index in [4.69, 9.17) is 14.7 Å². The average molecular weight is 366 g/mol. The number of aromatic nitrogens is 3. The predicted octanol–water partition coefficient (Wildman–Crippen LogP) is 4.10. The number of ether oxygens (including phenoxy) is 2. The van der Waals surface area contributed by atoms with Crippen LogP contribution >= 0.6 is 0 Å². The van der Waals surface area contributed by atoms with Crippen LogP contribution in [-0.4, -0.2) is 21.8 Å². The monoisotopic (exact) mass is 366 g/mol. The number of hydrogen-bond donors (Lipinski definition) is 1. The van der Waals surface area contributed by atoms with Crippen molar-refractivity contribution in [1.82, 2.24) is 15.2 Å². The van der Waals surface area contributed by atoms with Crippen LogP contribution in [0.15, 0.2) is 36.5 Å². The van der Waals surface area contributed by atoms with E-state index in [0.29, 0.717) is 25.2 Å². The molecule has 0 aliphatic rings. The fraction of sp³-hybridized carbons (Fsp3) is 0.250. The van der Waals surface area contributed by atoms with Gasteiger partial charge in [0.25, 0.3) is 0 Å². The highest BCUT2D eigenvalue weighted by molar-refractivity contribution is 5.42. The summed E-state index contributed by atoms with van der Waals surface area (Å²) in [6.07, 6.45) is 2.89. The molecule has 0 bridgehead atoms. The van der Waals surface area contributed by atoms with Crippen LogP contribution in [0.3, 0.4) is 0 Å². The zero-order chi connectivity index (χ0) is 19.2. The summed E-state index contributed by atoms with van der Waals surface area (Å²) in [5, 5.41) is 16.2. The van der Waals surface area contributed by atoms with Crippen molar-refractivity contribution in [3.05, 3.63) is 65.0 Å². The Morgan fingerprint density at radius 1 is 1.30 bits per heavy atom. The maximum absolute atomic E-state index is 13.7. The maximum Gasteiger partial charge on any atom is 0.171 e. The first-order valence-electron chi connectivity index (χ1n) is 8.59. The van der Waals surface area contributed by atoms with Crippen molar-refractivity contribution in [3.8, 4) is 23.3 Å². The molecule has 138 valence electrons. The number of H-pyrrole nitrogens is 1. The molecule has 3 rings (SSSR count). The third-order valence-corrected chi connectivity index (χ3v) is 3.99. The third kappa shape index (κ3) is 4.42. The summed E-state index contributed by atoms with van der Waals surface area (Å²) in [6.45, 7) is 4.24. The van der Waals surface area contributed by atoms with Crippen molar-refractivity contribution in [2.45, 2.75) is 26.7 Å². The van der Waals surface area contributed by atoms with Crippen LogP contribution in [0.4, 0.5) is 4.39 Å². The number of aryl methyl sites for hydroxylation is 2. The number of hydrogen-bond acceptors (Lipinski definition) is 5. The number of benzene rings is 1. The van der Waals surface area contributed by atoms with E-state index < -0.39 is 5.82 Å². The zero-order valence-electron chi connectivity index (χ0n) is 15.1. The van der Waals surface area contributed by atoms with E-state index in [9.17, 15) is 4.39 Å². The summed E-state index contributed by atoms with van der Waals surface area (Å²) in [7, 11) is 0. The molecule has 0 saturated heterocycles. The molecule has 3 aromatic rings. The van der Waals surface area contributed by atoms with E-state index in [-0.39, 0.29) is 11.3 Å². The second-order valence-corrected chi connectivity index (χ2v) is 5.91. The molecular weight excluding hydrogens is 347 g/mol. The molecular formula is C20H19FN4O2. The summed E-state index contributed by atoms with van der Waals surface area (Å²) >= 11 is 0. The summed E-state index contributed by atoms with van der Waals surface area (Å²) in [5.41, 5.74) is 2.49. The highest BCUT2D eigenvalue weighted by Gasteiger charge is 2.16. The lowest BCUT2D eigenvalue weighted by Crippen LogP contribution is -2.04. The van der Waals surface area contributed by atoms with Crippen LogP contribution in [0.25, 0.3) is 0 Å². The predicted molar refractivity (Wildman–Crippen MR) is 97.3 cm³/mol. The molecule has 2 aromatic heterocycles. The van der Waals surface area contributed by atoms with Gasteiger partial charge in [-0.3, -0.25) is 10.1 Å². The molecule has 0 spiro atoms. The Labute approximate surface area is 156 Å². The van der Waals surface area contributed by atoms with Gasteiger partial charge in [0, 0.05) is 18.7 Å². The minimum absolute atomic E-state index is 0.198. The fourth-order valence-electron chi connectivity index (χ4n) is 2.63. The highest BCUT2D eigenvalue weighted by atomic mass is 19.1. The van der Waals surface area contributed by atoms with Gasteiger partial charge in [-0.05, 0) is 37.6 Å². The van der Waals surface area contributed by atoms with Crippen molar-refractivity contribution in [2.75, 3.05) is 6.61 Å². The van der Waals surface area contributed by atoms with Crippen molar-refractivity contribution >= 4 is 0 Å². The molecule has 0 aliphatic heterocycles. The Hall–Kier alpha value is -3.40. The van der Waals surface area contributed by atoms with Gasteiger partial charge in [0.1, 0.15) is 23.0 Å². The molecule has 7 heteroatoms. The van der Waals surface area contributed by atoms with Crippen molar-refractivity contribution < 1.29 is 13.9 Å². The number of nitrogens with zero attached hydrogens (tertiary/aromatic N) is 3. The first kappa shape index (κ1) is 18.4. The Bertz CT molecular complexity index is 978. The van der Waals surface area contributed by atoms with Gasteiger partial charge in [-0.25, -0.2) is 4.39 Å². The first-order chi connectivity index (χ1) is 13.1. The van der Waals surface area contributed by atoms with Gasteiger partial charge in [0.15, 0.2) is 5.75 Å². The molecule has 0 radical (unpaired) electrons. The minimum Gasteiger partial charge on any atom is -0.491 e. The number of pyridine rings is 1. The number of aromatic amines is 1. The van der Waals surface area contributed by atoms with E-state index in [1.54, 1.807) is 6.20 Å². The largest absolute Gasteiger partial charge is 0.491 e. The van der Waals surface area contributed by atoms with E-state index >= 15 is 0 Å². The molecule has 1 aromatic carbocycles. The van der Waals surface area contributed by atoms with Crippen molar-refractivity contribution in [3.63, 3.8) is 0 Å². The summed E-state index contributed by atoms with van der Waals surface area (Å²) in [4.78, 5) is 4.19. The van der Waals surface area contributed by atoms with Gasteiger partial charge in [-0.1, -0.05) is 6.92 Å². The summed E-state index contributed by atoms with van der Waals surface area (Å²) in [5.74, 6) is 0.993. The fourth-order valence-corrected chi connectivity index (χ4v) is 2.63. The molecule has 1 N–H and O–H groups in total. The molecule has 0 fully saturated rings. The topological polar surface area (TPSA) is 83.8 Å². The average Bonchev–Trinajstić information content (AvgIpc) is 3.04. The van der Waals surface area contributed by atoms with E-state index in [1.807, 2.05) is 32.0 Å². The second-order valence-electron chi connectivity index (χ2n) is 5.91. The molecule has 0 amide bonds. The summed E-state index contributed by atoms with van der Waals surface area (Å²) in [6, 6.07) is 9.50. The van der Waals surface area contributed by atoms with Gasteiger partial charge in [-0.2, -0.15) is 10.4 Å². The van der Waals surface area contributed by atoms with Crippen LogP contribution < -0.4 is 9.47 Å². The quantitative estimate of drug-likeness (QED) is 0.680. The number of nitriles is 1. The number of rotatable bonds is 7. The van der Waals surface area contributed by atoms with Gasteiger partial charge in [0.05, 0.1) is 29.6 Å². The van der Waals surface area contributed by atoms with Crippen LogP contribution in [-0.2, 0) is 12.8 Å². The first-order valence-corrected chi connectivity index (χ1v) is 8.59. The molecule has 0 atom stereocenters. The van der Waals surface area contributed by atoms with Crippen LogP contribution in [0.2, 0.25) is 0 Å². The molecule has 27 heavy (non-hydrogen) atoms. The lowest BCUT2D eigenvalue weighted by molar-refractivity contribution is 0.314. The third-order valence-electron chi connectivity index (χ3n) is 3.99. The maximum atomic E-state index is 13.7. The molecule has 2 heterocycles. The lowest BCUT2D eigenvalue weighted by Gasteiger charge is -2.10. The van der Waals surface area contributed by atoms with Crippen LogP contribution in [0, 0.1) is 24.1 Å². The van der Waals surface area contributed by atoms with Gasteiger partial charge < -0.3 is 9.47 Å². The number of halogens is 1. The van der Waals surface area contributed by atoms with Crippen molar-refractivity contribution in [2.24, 2.45) is 0 Å².